The van der Waals surface area contributed by atoms with E-state index in [2.05, 4.69) is 0 Å². The highest BCUT2D eigenvalue weighted by Gasteiger charge is 2.13. The van der Waals surface area contributed by atoms with Crippen LogP contribution in [0.15, 0.2) is 70.1 Å². The maximum atomic E-state index is 13.0. The van der Waals surface area contributed by atoms with Crippen LogP contribution in [0.25, 0.3) is 17.0 Å². The van der Waals surface area contributed by atoms with Gasteiger partial charge in [-0.25, -0.2) is 4.79 Å². The molecule has 0 amide bonds. The van der Waals surface area contributed by atoms with E-state index in [-0.39, 0.29) is 27.9 Å². The van der Waals surface area contributed by atoms with E-state index in [4.69, 9.17) is 35.0 Å². The van der Waals surface area contributed by atoms with Crippen molar-refractivity contribution in [3.63, 3.8) is 0 Å². The average molecular weight is 535 g/mol. The van der Waals surface area contributed by atoms with Crippen molar-refractivity contribution in [1.29, 1.82) is 0 Å². The number of fused-ring (bicyclic) bond motifs is 1. The molecular weight excluding hydrogens is 508 g/mol. The lowest BCUT2D eigenvalue weighted by atomic mass is 10.1. The second-order valence-electron chi connectivity index (χ2n) is 8.39. The first kappa shape index (κ1) is 26.8. The fraction of sp³-hybridized carbons (Fsp3) is 0.200. The summed E-state index contributed by atoms with van der Waals surface area (Å²) in [6.07, 6.45) is 4.15. The van der Waals surface area contributed by atoms with Gasteiger partial charge in [0.1, 0.15) is 23.3 Å². The summed E-state index contributed by atoms with van der Waals surface area (Å²) in [7, 11) is 0. The molecule has 0 aliphatic heterocycles. The largest absolute Gasteiger partial charge is 0.490 e. The number of aryl methyl sites for hydroxylation is 2. The van der Waals surface area contributed by atoms with Crippen LogP contribution in [-0.4, -0.2) is 19.2 Å². The molecule has 38 heavy (non-hydrogen) atoms. The van der Waals surface area contributed by atoms with Gasteiger partial charge in [0.25, 0.3) is 0 Å². The molecule has 196 valence electrons. The molecule has 0 radical (unpaired) electrons. The third kappa shape index (κ3) is 6.18. The molecule has 8 heteroatoms. The SMILES string of the molecule is CCOc1ccc(C=CC(=O)Oc2ccc3c(=O)c(Oc4cc(C)c(Cl)c(C)c4)coc3c2)cc1OCC. The lowest BCUT2D eigenvalue weighted by molar-refractivity contribution is -0.128. The van der Waals surface area contributed by atoms with E-state index in [9.17, 15) is 9.59 Å². The van der Waals surface area contributed by atoms with Crippen molar-refractivity contribution in [3.05, 3.63) is 92.8 Å². The van der Waals surface area contributed by atoms with E-state index in [0.29, 0.717) is 35.5 Å². The van der Waals surface area contributed by atoms with Gasteiger partial charge in [-0.1, -0.05) is 17.7 Å². The number of benzene rings is 3. The third-order valence-corrected chi connectivity index (χ3v) is 6.15. The average Bonchev–Trinajstić information content (AvgIpc) is 2.89. The Morgan fingerprint density at radius 1 is 0.895 bits per heavy atom. The van der Waals surface area contributed by atoms with Crippen LogP contribution in [0, 0.1) is 13.8 Å². The molecule has 0 aliphatic rings. The minimum atomic E-state index is -0.591. The zero-order valence-electron chi connectivity index (χ0n) is 21.5. The van der Waals surface area contributed by atoms with E-state index in [0.717, 1.165) is 16.7 Å². The Morgan fingerprint density at radius 2 is 1.61 bits per heavy atom. The van der Waals surface area contributed by atoms with Gasteiger partial charge in [0, 0.05) is 17.2 Å². The lowest BCUT2D eigenvalue weighted by Crippen LogP contribution is -2.07. The molecule has 1 heterocycles. The summed E-state index contributed by atoms with van der Waals surface area (Å²) in [5.74, 6) is 1.39. The Labute approximate surface area is 225 Å². The van der Waals surface area contributed by atoms with Crippen LogP contribution >= 0.6 is 11.6 Å². The number of ether oxygens (including phenoxy) is 4. The van der Waals surface area contributed by atoms with Crippen molar-refractivity contribution < 1.29 is 28.2 Å². The summed E-state index contributed by atoms with van der Waals surface area (Å²) in [5.41, 5.74) is 2.33. The normalized spacial score (nSPS) is 11.1. The zero-order chi connectivity index (χ0) is 27.2. The van der Waals surface area contributed by atoms with Crippen LogP contribution in [0.5, 0.6) is 28.7 Å². The summed E-state index contributed by atoms with van der Waals surface area (Å²) >= 11 is 6.21. The lowest BCUT2D eigenvalue weighted by Gasteiger charge is -2.11. The van der Waals surface area contributed by atoms with Gasteiger partial charge in [0.05, 0.1) is 18.6 Å². The number of halogens is 1. The first-order chi connectivity index (χ1) is 18.3. The smallest absolute Gasteiger partial charge is 0.336 e. The number of hydrogen-bond acceptors (Lipinski definition) is 7. The summed E-state index contributed by atoms with van der Waals surface area (Å²) in [6, 6.07) is 13.4. The molecule has 0 N–H and O–H groups in total. The van der Waals surface area contributed by atoms with Gasteiger partial charge in [-0.15, -0.1) is 0 Å². The number of carbonyl (C=O) groups is 1. The number of hydrogen-bond donors (Lipinski definition) is 0. The van der Waals surface area contributed by atoms with Crippen molar-refractivity contribution in [3.8, 4) is 28.7 Å². The van der Waals surface area contributed by atoms with E-state index >= 15 is 0 Å². The van der Waals surface area contributed by atoms with Crippen LogP contribution in [0.4, 0.5) is 0 Å². The van der Waals surface area contributed by atoms with Gasteiger partial charge in [-0.3, -0.25) is 4.79 Å². The first-order valence-corrected chi connectivity index (χ1v) is 12.5. The Bertz CT molecular complexity index is 1550. The van der Waals surface area contributed by atoms with E-state index in [1.807, 2.05) is 33.8 Å². The predicted octanol–water partition coefficient (Wildman–Crippen LogP) is 7.27. The number of esters is 1. The quantitative estimate of drug-likeness (QED) is 0.127. The van der Waals surface area contributed by atoms with Gasteiger partial charge >= 0.3 is 5.97 Å². The molecule has 4 rings (SSSR count). The predicted molar refractivity (Wildman–Crippen MR) is 147 cm³/mol. The summed E-state index contributed by atoms with van der Waals surface area (Å²) in [5, 5.41) is 0.938. The number of carbonyl (C=O) groups excluding carboxylic acids is 1. The number of rotatable bonds is 9. The van der Waals surface area contributed by atoms with Crippen molar-refractivity contribution in [2.45, 2.75) is 27.7 Å². The second-order valence-corrected chi connectivity index (χ2v) is 8.76. The fourth-order valence-corrected chi connectivity index (χ4v) is 3.91. The molecule has 0 atom stereocenters. The molecule has 0 saturated heterocycles. The van der Waals surface area contributed by atoms with Gasteiger partial charge in [-0.2, -0.15) is 0 Å². The first-order valence-electron chi connectivity index (χ1n) is 12.1. The second kappa shape index (κ2) is 11.9. The van der Waals surface area contributed by atoms with Crippen LogP contribution in [0.1, 0.15) is 30.5 Å². The Balaban J connectivity index is 1.48. The van der Waals surface area contributed by atoms with Crippen LogP contribution in [-0.2, 0) is 4.79 Å². The Kier molecular flexibility index (Phi) is 8.38. The molecule has 0 spiro atoms. The van der Waals surface area contributed by atoms with Crippen molar-refractivity contribution in [2.75, 3.05) is 13.2 Å². The molecule has 0 saturated carbocycles. The topological polar surface area (TPSA) is 84.2 Å². The summed E-state index contributed by atoms with van der Waals surface area (Å²) < 4.78 is 28.0. The highest BCUT2D eigenvalue weighted by Crippen LogP contribution is 2.30. The summed E-state index contributed by atoms with van der Waals surface area (Å²) in [6.45, 7) is 8.51. The highest BCUT2D eigenvalue weighted by molar-refractivity contribution is 6.32. The van der Waals surface area contributed by atoms with Crippen LogP contribution in [0.2, 0.25) is 5.02 Å². The van der Waals surface area contributed by atoms with Crippen molar-refractivity contribution >= 4 is 34.6 Å². The maximum Gasteiger partial charge on any atom is 0.336 e. The molecule has 0 aliphatic carbocycles. The molecule has 4 aromatic rings. The van der Waals surface area contributed by atoms with Gasteiger partial charge in [0.2, 0.25) is 11.2 Å². The van der Waals surface area contributed by atoms with Crippen molar-refractivity contribution in [2.24, 2.45) is 0 Å². The van der Waals surface area contributed by atoms with Crippen LogP contribution in [0.3, 0.4) is 0 Å². The Hall–Kier alpha value is -4.23. The van der Waals surface area contributed by atoms with Crippen LogP contribution < -0.4 is 24.4 Å². The minimum absolute atomic E-state index is 0.0353. The van der Waals surface area contributed by atoms with Gasteiger partial charge in [0.15, 0.2) is 11.5 Å². The molecular formula is C30H27ClO7. The minimum Gasteiger partial charge on any atom is -0.490 e. The Morgan fingerprint density at radius 3 is 2.32 bits per heavy atom. The maximum absolute atomic E-state index is 13.0. The molecule has 0 unspecified atom stereocenters. The highest BCUT2D eigenvalue weighted by atomic mass is 35.5. The fourth-order valence-electron chi connectivity index (χ4n) is 3.80. The van der Waals surface area contributed by atoms with Crippen molar-refractivity contribution in [1.82, 2.24) is 0 Å². The van der Waals surface area contributed by atoms with E-state index in [1.165, 1.54) is 30.5 Å². The summed E-state index contributed by atoms with van der Waals surface area (Å²) in [4.78, 5) is 25.4. The molecule has 7 nitrogen and oxygen atoms in total. The molecule has 3 aromatic carbocycles. The third-order valence-electron chi connectivity index (χ3n) is 5.55. The molecule has 0 bridgehead atoms. The standard InChI is InChI=1S/C30H27ClO7/c1-5-34-24-11-7-20(15-26(24)35-6-2)8-12-28(32)38-21-9-10-23-25(16-21)36-17-27(30(23)33)37-22-13-18(3)29(31)19(4)14-22/h7-17H,5-6H2,1-4H3. The van der Waals surface area contributed by atoms with Gasteiger partial charge < -0.3 is 23.4 Å². The monoisotopic (exact) mass is 534 g/mol. The van der Waals surface area contributed by atoms with Gasteiger partial charge in [-0.05, 0) is 86.9 Å². The molecule has 0 fully saturated rings. The van der Waals surface area contributed by atoms with E-state index < -0.39 is 5.97 Å². The molecule has 1 aromatic heterocycles. The zero-order valence-corrected chi connectivity index (χ0v) is 22.3. The van der Waals surface area contributed by atoms with E-state index in [1.54, 1.807) is 30.3 Å².